The van der Waals surface area contributed by atoms with E-state index in [2.05, 4.69) is 4.65 Å². The summed E-state index contributed by atoms with van der Waals surface area (Å²) < 4.78 is 136. The Balaban J connectivity index is 3.09. The predicted molar refractivity (Wildman–Crippen MR) is 70.2 cm³/mol. The molecule has 0 fully saturated rings. The van der Waals surface area contributed by atoms with E-state index in [4.69, 9.17) is 0 Å². The fourth-order valence-corrected chi connectivity index (χ4v) is 2.39. The van der Waals surface area contributed by atoms with Crippen LogP contribution < -0.4 is 14.7 Å². The lowest BCUT2D eigenvalue weighted by Crippen LogP contribution is -2.51. The summed E-state index contributed by atoms with van der Waals surface area (Å²) in [6.07, 6.45) is -13.2. The number of benzene rings is 2. The Hall–Kier alpha value is -2.22. The van der Waals surface area contributed by atoms with Gasteiger partial charge in [0.15, 0.2) is 0 Å². The molecule has 0 saturated heterocycles. The maximum atomic E-state index is 14.0. The molecule has 0 aliphatic carbocycles. The van der Waals surface area contributed by atoms with Crippen LogP contribution in [0.5, 0.6) is 5.75 Å². The first-order valence-electron chi connectivity index (χ1n) is 6.96. The van der Waals surface area contributed by atoms with Crippen LogP contribution in [-0.2, 0) is 11.8 Å². The molecule has 0 aliphatic rings. The van der Waals surface area contributed by atoms with Gasteiger partial charge in [-0.1, -0.05) is 24.3 Å². The van der Waals surface area contributed by atoms with Crippen LogP contribution in [0.1, 0.15) is 11.1 Å². The van der Waals surface area contributed by atoms with Crippen molar-refractivity contribution in [2.24, 2.45) is 0 Å². The van der Waals surface area contributed by atoms with Crippen LogP contribution in [0.4, 0.5) is 43.9 Å². The molecular weight excluding hydrogens is 417 g/mol. The average Bonchev–Trinajstić information content (AvgIpc) is 2.51. The van der Waals surface area contributed by atoms with Crippen molar-refractivity contribution in [3.8, 4) is 5.75 Å². The Morgan fingerprint density at radius 2 is 1.25 bits per heavy atom. The quantitative estimate of drug-likeness (QED) is 0.562. The SMILES string of the molecule is [O-]B([O-])Oc1c(C(F)(F)C(F)(F)F)c(C(F)(F)C(F)(F)F)cc2ccccc12. The maximum absolute atomic E-state index is 14.0. The third-order valence-electron chi connectivity index (χ3n) is 3.58. The van der Waals surface area contributed by atoms with Crippen molar-refractivity contribution in [3.63, 3.8) is 0 Å². The zero-order valence-corrected chi connectivity index (χ0v) is 13.0. The summed E-state index contributed by atoms with van der Waals surface area (Å²) in [6.45, 7) is 0. The van der Waals surface area contributed by atoms with E-state index in [0.717, 1.165) is 18.2 Å². The number of hydrogen-bond donors (Lipinski definition) is 0. The molecule has 0 unspecified atom stereocenters. The number of fused-ring (bicyclic) bond motifs is 1. The average molecular weight is 422 g/mol. The molecule has 0 aromatic heterocycles. The first kappa shape index (κ1) is 22.1. The standard InChI is InChI=1S/C14H5BF10O3/c16-11(17,13(20,21)22)8-5-6-3-1-2-4-7(6)10(28-15(26)27)9(8)12(18,19)14(23,24)25/h1-5H/q-2. The second kappa shape index (κ2) is 6.69. The highest BCUT2D eigenvalue weighted by atomic mass is 19.4. The molecule has 2 rings (SSSR count). The van der Waals surface area contributed by atoms with E-state index in [1.165, 1.54) is 0 Å². The number of alkyl halides is 10. The molecule has 0 bridgehead atoms. The predicted octanol–water partition coefficient (Wildman–Crippen LogP) is 3.23. The van der Waals surface area contributed by atoms with Crippen LogP contribution in [0.15, 0.2) is 30.3 Å². The van der Waals surface area contributed by atoms with Crippen molar-refractivity contribution in [1.29, 1.82) is 0 Å². The summed E-state index contributed by atoms with van der Waals surface area (Å²) in [6, 6.07) is 3.29. The molecule has 2 aromatic carbocycles. The number of rotatable bonds is 4. The number of hydrogen-bond acceptors (Lipinski definition) is 3. The lowest BCUT2D eigenvalue weighted by Gasteiger charge is -2.34. The Kier molecular flexibility index (Phi) is 5.27. The van der Waals surface area contributed by atoms with Gasteiger partial charge < -0.3 is 14.7 Å². The van der Waals surface area contributed by atoms with Gasteiger partial charge in [0.2, 0.25) is 0 Å². The van der Waals surface area contributed by atoms with E-state index in [1.807, 2.05) is 0 Å². The highest BCUT2D eigenvalue weighted by molar-refractivity contribution is 6.30. The Morgan fingerprint density at radius 3 is 1.71 bits per heavy atom. The van der Waals surface area contributed by atoms with E-state index in [1.54, 1.807) is 0 Å². The fourth-order valence-electron chi connectivity index (χ4n) is 2.39. The maximum Gasteiger partial charge on any atom is 0.458 e. The van der Waals surface area contributed by atoms with Crippen LogP contribution in [0.3, 0.4) is 0 Å². The smallest absolute Gasteiger partial charge is 0.458 e. The molecule has 0 saturated carbocycles. The highest BCUT2D eigenvalue weighted by Gasteiger charge is 2.67. The van der Waals surface area contributed by atoms with Gasteiger partial charge in [-0.2, -0.15) is 43.9 Å². The molecule has 14 heteroatoms. The summed E-state index contributed by atoms with van der Waals surface area (Å²) in [5.41, 5.74) is -5.76. The van der Waals surface area contributed by atoms with Crippen LogP contribution in [-0.4, -0.2) is 19.7 Å². The minimum absolute atomic E-state index is 0.227. The molecular formula is C14H5BF10O3-2. The first-order chi connectivity index (χ1) is 12.5. The van der Waals surface area contributed by atoms with Gasteiger partial charge in [0, 0.05) is 10.9 Å². The van der Waals surface area contributed by atoms with Gasteiger partial charge in [-0.05, 0) is 11.5 Å². The molecule has 0 amide bonds. The monoisotopic (exact) mass is 422 g/mol. The van der Waals surface area contributed by atoms with Crippen LogP contribution in [0, 0.1) is 0 Å². The van der Waals surface area contributed by atoms with E-state index in [9.17, 15) is 54.0 Å². The molecule has 3 nitrogen and oxygen atoms in total. The van der Waals surface area contributed by atoms with Crippen molar-refractivity contribution < 1.29 is 58.6 Å². The van der Waals surface area contributed by atoms with Crippen LogP contribution in [0.25, 0.3) is 10.8 Å². The zero-order chi connectivity index (χ0) is 21.7. The minimum Gasteiger partial charge on any atom is -0.860 e. The highest BCUT2D eigenvalue weighted by Crippen LogP contribution is 2.56. The Labute approximate surface area is 149 Å². The zero-order valence-electron chi connectivity index (χ0n) is 13.0. The molecule has 28 heavy (non-hydrogen) atoms. The van der Waals surface area contributed by atoms with Gasteiger partial charge in [0.1, 0.15) is 13.1 Å². The van der Waals surface area contributed by atoms with Crippen LogP contribution in [0.2, 0.25) is 0 Å². The third-order valence-corrected chi connectivity index (χ3v) is 3.58. The van der Waals surface area contributed by atoms with Crippen molar-refractivity contribution in [2.75, 3.05) is 0 Å². The van der Waals surface area contributed by atoms with E-state index in [0.29, 0.717) is 6.07 Å². The van der Waals surface area contributed by atoms with Crippen molar-refractivity contribution in [3.05, 3.63) is 41.5 Å². The molecule has 2 aromatic rings. The fraction of sp³-hybridized carbons (Fsp3) is 0.286. The van der Waals surface area contributed by atoms with Gasteiger partial charge in [-0.15, -0.1) is 0 Å². The van der Waals surface area contributed by atoms with Gasteiger partial charge in [-0.3, -0.25) is 0 Å². The molecule has 0 heterocycles. The second-order valence-electron chi connectivity index (χ2n) is 5.40. The molecule has 154 valence electrons. The summed E-state index contributed by atoms with van der Waals surface area (Å²) in [5.74, 6) is -14.5. The molecule has 0 N–H and O–H groups in total. The van der Waals surface area contributed by atoms with E-state index in [-0.39, 0.29) is 6.07 Å². The normalized spacial score (nSPS) is 13.7. The van der Waals surface area contributed by atoms with Crippen molar-refractivity contribution in [1.82, 2.24) is 0 Å². The topological polar surface area (TPSA) is 55.3 Å². The molecule has 0 radical (unpaired) electrons. The molecule has 0 spiro atoms. The van der Waals surface area contributed by atoms with E-state index < -0.39 is 59.2 Å². The minimum atomic E-state index is -6.65. The number of halogens is 10. The van der Waals surface area contributed by atoms with Gasteiger partial charge >= 0.3 is 24.2 Å². The van der Waals surface area contributed by atoms with Gasteiger partial charge in [0.05, 0.1) is 5.56 Å². The Morgan fingerprint density at radius 1 is 0.750 bits per heavy atom. The molecule has 0 aliphatic heterocycles. The summed E-state index contributed by atoms with van der Waals surface area (Å²) in [4.78, 5) is 0. The van der Waals surface area contributed by atoms with Crippen molar-refractivity contribution >= 4 is 18.1 Å². The van der Waals surface area contributed by atoms with Gasteiger partial charge in [-0.25, -0.2) is 0 Å². The lowest BCUT2D eigenvalue weighted by molar-refractivity contribution is -0.372. The molecule has 0 atom stereocenters. The van der Waals surface area contributed by atoms with Gasteiger partial charge in [0.25, 0.3) is 0 Å². The Bertz CT molecular complexity index is 876. The third kappa shape index (κ3) is 3.57. The lowest BCUT2D eigenvalue weighted by atomic mass is 9.90. The van der Waals surface area contributed by atoms with E-state index >= 15 is 0 Å². The first-order valence-corrected chi connectivity index (χ1v) is 6.96. The summed E-state index contributed by atoms with van der Waals surface area (Å²) in [7, 11) is -3.60. The summed E-state index contributed by atoms with van der Waals surface area (Å²) in [5, 5.41) is 19.9. The second-order valence-corrected chi connectivity index (χ2v) is 5.40. The summed E-state index contributed by atoms with van der Waals surface area (Å²) >= 11 is 0. The van der Waals surface area contributed by atoms with Crippen LogP contribution >= 0.6 is 0 Å². The largest absolute Gasteiger partial charge is 0.860 e. The van der Waals surface area contributed by atoms with Crippen molar-refractivity contribution in [2.45, 2.75) is 24.2 Å².